The monoisotopic (exact) mass is 253 g/mol. The van der Waals surface area contributed by atoms with Gasteiger partial charge in [-0.05, 0) is 19.1 Å². The predicted molar refractivity (Wildman–Crippen MR) is 68.8 cm³/mol. The molecule has 0 fully saturated rings. The van der Waals surface area contributed by atoms with E-state index in [0.717, 1.165) is 5.56 Å². The number of nitrogens with one attached hydrogen (secondary N) is 1. The third-order valence-electron chi connectivity index (χ3n) is 2.57. The number of hydrogen-bond donors (Lipinski definition) is 1. The first kappa shape index (κ1) is 14.5. The molecule has 0 aliphatic rings. The molecule has 0 unspecified atom stereocenters. The highest BCUT2D eigenvalue weighted by Crippen LogP contribution is 2.18. The van der Waals surface area contributed by atoms with Crippen LogP contribution in [0.2, 0.25) is 0 Å². The Bertz CT molecular complexity index is 402. The minimum Gasteiger partial charge on any atom is -0.465 e. The summed E-state index contributed by atoms with van der Waals surface area (Å²) in [6.45, 7) is 2.36. The molecule has 5 nitrogen and oxygen atoms in total. The predicted octanol–water partition coefficient (Wildman–Crippen LogP) is 1.81. The Labute approximate surface area is 107 Å². The zero-order valence-corrected chi connectivity index (χ0v) is 11.1. The summed E-state index contributed by atoms with van der Waals surface area (Å²) < 4.78 is 14.9. The summed E-state index contributed by atoms with van der Waals surface area (Å²) >= 11 is 0. The highest BCUT2D eigenvalue weighted by molar-refractivity contribution is 5.95. The minimum absolute atomic E-state index is 0.364. The summed E-state index contributed by atoms with van der Waals surface area (Å²) in [7, 11) is 4.49. The largest absolute Gasteiger partial charge is 0.465 e. The van der Waals surface area contributed by atoms with E-state index < -0.39 is 0 Å². The summed E-state index contributed by atoms with van der Waals surface area (Å²) in [5, 5.41) is 3.11. The Kier molecular flexibility index (Phi) is 5.61. The zero-order valence-electron chi connectivity index (χ0n) is 11.1. The molecule has 0 saturated carbocycles. The van der Waals surface area contributed by atoms with Gasteiger partial charge in [-0.15, -0.1) is 0 Å². The Morgan fingerprint density at radius 1 is 1.28 bits per heavy atom. The van der Waals surface area contributed by atoms with Crippen molar-refractivity contribution in [3.63, 3.8) is 0 Å². The van der Waals surface area contributed by atoms with Gasteiger partial charge in [0, 0.05) is 19.9 Å². The van der Waals surface area contributed by atoms with Crippen molar-refractivity contribution in [1.82, 2.24) is 0 Å². The number of hydrogen-bond acceptors (Lipinski definition) is 5. The number of anilines is 1. The fourth-order valence-corrected chi connectivity index (χ4v) is 1.55. The third kappa shape index (κ3) is 3.72. The van der Waals surface area contributed by atoms with Gasteiger partial charge in [-0.25, -0.2) is 4.79 Å². The van der Waals surface area contributed by atoms with E-state index in [-0.39, 0.29) is 12.3 Å². The quantitative estimate of drug-likeness (QED) is 0.619. The molecule has 0 aromatic heterocycles. The molecule has 1 N–H and O–H groups in total. The Balaban J connectivity index is 2.84. The van der Waals surface area contributed by atoms with Gasteiger partial charge in [-0.2, -0.15) is 0 Å². The maximum Gasteiger partial charge on any atom is 0.339 e. The minimum atomic E-state index is -0.368. The van der Waals surface area contributed by atoms with Crippen molar-refractivity contribution in [2.45, 2.75) is 13.2 Å². The molecule has 1 aromatic carbocycles. The van der Waals surface area contributed by atoms with Gasteiger partial charge >= 0.3 is 5.97 Å². The fraction of sp³-hybridized carbons (Fsp3) is 0.462. The average Bonchev–Trinajstić information content (AvgIpc) is 2.40. The molecule has 18 heavy (non-hydrogen) atoms. The first-order valence-electron chi connectivity index (χ1n) is 5.60. The number of carbonyl (C=O) groups is 1. The van der Waals surface area contributed by atoms with Gasteiger partial charge in [0.25, 0.3) is 0 Å². The summed E-state index contributed by atoms with van der Waals surface area (Å²) in [6, 6.07) is 5.54. The fourth-order valence-electron chi connectivity index (χ4n) is 1.55. The third-order valence-corrected chi connectivity index (χ3v) is 2.57. The van der Waals surface area contributed by atoms with Crippen LogP contribution in [-0.2, 0) is 14.2 Å². The number of aryl methyl sites for hydroxylation is 1. The summed E-state index contributed by atoms with van der Waals surface area (Å²) in [5.74, 6) is -0.368. The van der Waals surface area contributed by atoms with Crippen molar-refractivity contribution in [3.05, 3.63) is 29.3 Å². The van der Waals surface area contributed by atoms with Crippen LogP contribution < -0.4 is 5.32 Å². The van der Waals surface area contributed by atoms with E-state index in [1.54, 1.807) is 20.3 Å². The van der Waals surface area contributed by atoms with Gasteiger partial charge in [0.15, 0.2) is 6.29 Å². The molecule has 100 valence electrons. The first-order valence-corrected chi connectivity index (χ1v) is 5.60. The second-order valence-electron chi connectivity index (χ2n) is 3.82. The molecule has 0 heterocycles. The molecule has 0 spiro atoms. The number of rotatable bonds is 6. The number of esters is 1. The van der Waals surface area contributed by atoms with Crippen LogP contribution in [0.25, 0.3) is 0 Å². The molecule has 0 atom stereocenters. The van der Waals surface area contributed by atoms with Crippen LogP contribution in [0.3, 0.4) is 0 Å². The summed E-state index contributed by atoms with van der Waals surface area (Å²) in [6.07, 6.45) is -0.364. The van der Waals surface area contributed by atoms with Crippen molar-refractivity contribution in [2.24, 2.45) is 0 Å². The van der Waals surface area contributed by atoms with Crippen LogP contribution in [0.1, 0.15) is 15.9 Å². The lowest BCUT2D eigenvalue weighted by molar-refractivity contribution is -0.0914. The van der Waals surface area contributed by atoms with E-state index in [0.29, 0.717) is 17.8 Å². The highest BCUT2D eigenvalue weighted by Gasteiger charge is 2.13. The molecule has 0 saturated heterocycles. The van der Waals surface area contributed by atoms with Crippen LogP contribution in [0.5, 0.6) is 0 Å². The summed E-state index contributed by atoms with van der Waals surface area (Å²) in [4.78, 5) is 11.6. The van der Waals surface area contributed by atoms with Crippen LogP contribution in [-0.4, -0.2) is 40.1 Å². The Hall–Kier alpha value is -1.59. The van der Waals surface area contributed by atoms with E-state index in [9.17, 15) is 4.79 Å². The van der Waals surface area contributed by atoms with Crippen molar-refractivity contribution >= 4 is 11.7 Å². The molecule has 0 aliphatic carbocycles. The maximum atomic E-state index is 11.6. The van der Waals surface area contributed by atoms with Crippen LogP contribution in [0, 0.1) is 6.92 Å². The standard InChI is InChI=1S/C13H19NO4/c1-9-5-6-11(10(7-9)13(15)18-4)14-8-12(16-2)17-3/h5-7,12,14H,8H2,1-4H3. The Morgan fingerprint density at radius 3 is 2.50 bits per heavy atom. The van der Waals surface area contributed by atoms with Crippen molar-refractivity contribution in [2.75, 3.05) is 33.2 Å². The van der Waals surface area contributed by atoms with Crippen LogP contribution in [0.4, 0.5) is 5.69 Å². The number of ether oxygens (including phenoxy) is 3. The zero-order chi connectivity index (χ0) is 13.5. The van der Waals surface area contributed by atoms with Gasteiger partial charge < -0.3 is 19.5 Å². The van der Waals surface area contributed by atoms with E-state index in [2.05, 4.69) is 5.32 Å². The van der Waals surface area contributed by atoms with Gasteiger partial charge in [-0.3, -0.25) is 0 Å². The molecule has 0 aliphatic heterocycles. The average molecular weight is 253 g/mol. The number of benzene rings is 1. The second kappa shape index (κ2) is 6.98. The van der Waals surface area contributed by atoms with Gasteiger partial charge in [0.1, 0.15) is 0 Å². The lowest BCUT2D eigenvalue weighted by atomic mass is 10.1. The molecule has 0 radical (unpaired) electrons. The van der Waals surface area contributed by atoms with Crippen molar-refractivity contribution in [3.8, 4) is 0 Å². The van der Waals surface area contributed by atoms with Crippen LogP contribution >= 0.6 is 0 Å². The van der Waals surface area contributed by atoms with E-state index in [1.807, 2.05) is 19.1 Å². The molecular weight excluding hydrogens is 234 g/mol. The Morgan fingerprint density at radius 2 is 1.94 bits per heavy atom. The highest BCUT2D eigenvalue weighted by atomic mass is 16.7. The smallest absolute Gasteiger partial charge is 0.339 e. The second-order valence-corrected chi connectivity index (χ2v) is 3.82. The molecule has 0 bridgehead atoms. The molecule has 5 heteroatoms. The van der Waals surface area contributed by atoms with E-state index in [4.69, 9.17) is 14.2 Å². The normalized spacial score (nSPS) is 10.5. The lowest BCUT2D eigenvalue weighted by Crippen LogP contribution is -2.24. The number of carbonyl (C=O) groups excluding carboxylic acids is 1. The summed E-state index contributed by atoms with van der Waals surface area (Å²) in [5.41, 5.74) is 2.20. The number of methoxy groups -OCH3 is 3. The van der Waals surface area contributed by atoms with Crippen molar-refractivity contribution in [1.29, 1.82) is 0 Å². The molecule has 1 aromatic rings. The van der Waals surface area contributed by atoms with E-state index >= 15 is 0 Å². The first-order chi connectivity index (χ1) is 8.62. The van der Waals surface area contributed by atoms with Gasteiger partial charge in [0.2, 0.25) is 0 Å². The SMILES string of the molecule is COC(=O)c1cc(C)ccc1NCC(OC)OC. The topological polar surface area (TPSA) is 56.8 Å². The van der Waals surface area contributed by atoms with Gasteiger partial charge in [-0.1, -0.05) is 11.6 Å². The van der Waals surface area contributed by atoms with Crippen LogP contribution in [0.15, 0.2) is 18.2 Å². The molecule has 0 amide bonds. The van der Waals surface area contributed by atoms with Crippen molar-refractivity contribution < 1.29 is 19.0 Å². The lowest BCUT2D eigenvalue weighted by Gasteiger charge is -2.16. The van der Waals surface area contributed by atoms with Gasteiger partial charge in [0.05, 0.1) is 19.2 Å². The maximum absolute atomic E-state index is 11.6. The molecule has 1 rings (SSSR count). The molecular formula is C13H19NO4. The van der Waals surface area contributed by atoms with E-state index in [1.165, 1.54) is 7.11 Å².